The van der Waals surface area contributed by atoms with Crippen molar-refractivity contribution < 1.29 is 9.53 Å². The van der Waals surface area contributed by atoms with E-state index in [0.29, 0.717) is 23.9 Å². The third kappa shape index (κ3) is 4.13. The van der Waals surface area contributed by atoms with E-state index in [9.17, 15) is 4.79 Å². The molecule has 5 atom stereocenters. The Morgan fingerprint density at radius 1 is 1.07 bits per heavy atom. The molecule has 5 unspecified atom stereocenters. The number of hydrogen-bond donors (Lipinski definition) is 1. The maximum atomic E-state index is 12.8. The summed E-state index contributed by atoms with van der Waals surface area (Å²) in [7, 11) is 0. The van der Waals surface area contributed by atoms with Gasteiger partial charge >= 0.3 is 0 Å². The van der Waals surface area contributed by atoms with Gasteiger partial charge in [0, 0.05) is 24.1 Å². The molecule has 2 aliphatic carbocycles. The lowest BCUT2D eigenvalue weighted by atomic mass is 9.59. The first-order valence-corrected chi connectivity index (χ1v) is 10.9. The standard InChI is InChI=1S/C22H37N3O2/c1-6-27-20-8-7-19(13-14(20)2)25-24-18-9-11-22(12-10-18)16(4)15(3)17(5)23-21(22)26/h14-17,20H,6-13H2,1-5H3,(H,23,26)/b24-18?,25-19+. The largest absolute Gasteiger partial charge is 0.378 e. The highest BCUT2D eigenvalue weighted by molar-refractivity contribution is 5.92. The Hall–Kier alpha value is -1.23. The Balaban J connectivity index is 1.60. The van der Waals surface area contributed by atoms with Crippen LogP contribution in [0.5, 0.6) is 0 Å². The van der Waals surface area contributed by atoms with Crippen LogP contribution in [0, 0.1) is 23.2 Å². The number of carbonyl (C=O) groups is 1. The maximum absolute atomic E-state index is 12.8. The van der Waals surface area contributed by atoms with Crippen molar-refractivity contribution in [3.05, 3.63) is 0 Å². The highest BCUT2D eigenvalue weighted by Crippen LogP contribution is 2.48. The first kappa shape index (κ1) is 20.5. The predicted octanol–water partition coefficient (Wildman–Crippen LogP) is 4.36. The lowest BCUT2D eigenvalue weighted by Gasteiger charge is -2.49. The molecule has 0 aromatic heterocycles. The number of carbonyl (C=O) groups excluding carboxylic acids is 1. The van der Waals surface area contributed by atoms with Crippen LogP contribution in [0.2, 0.25) is 0 Å². The van der Waals surface area contributed by atoms with Gasteiger partial charge in [0.15, 0.2) is 0 Å². The minimum Gasteiger partial charge on any atom is -0.378 e. The topological polar surface area (TPSA) is 63.1 Å². The average Bonchev–Trinajstić information content (AvgIpc) is 2.66. The molecule has 2 saturated carbocycles. The predicted molar refractivity (Wildman–Crippen MR) is 110 cm³/mol. The van der Waals surface area contributed by atoms with E-state index in [1.807, 2.05) is 0 Å². The van der Waals surface area contributed by atoms with E-state index >= 15 is 0 Å². The zero-order valence-electron chi connectivity index (χ0n) is 17.8. The van der Waals surface area contributed by atoms with Crippen LogP contribution in [-0.4, -0.2) is 36.1 Å². The van der Waals surface area contributed by atoms with Crippen LogP contribution >= 0.6 is 0 Å². The summed E-state index contributed by atoms with van der Waals surface area (Å²) in [6.07, 6.45) is 7.00. The highest BCUT2D eigenvalue weighted by Gasteiger charge is 2.51. The fourth-order valence-electron chi connectivity index (χ4n) is 5.28. The fourth-order valence-corrected chi connectivity index (χ4v) is 5.28. The van der Waals surface area contributed by atoms with Gasteiger partial charge in [-0.1, -0.05) is 20.8 Å². The molecule has 1 spiro atoms. The van der Waals surface area contributed by atoms with Gasteiger partial charge in [0.1, 0.15) is 0 Å². The third-order valence-electron chi connectivity index (χ3n) is 7.60. The molecule has 0 bridgehead atoms. The number of hydrogen-bond acceptors (Lipinski definition) is 4. The van der Waals surface area contributed by atoms with Gasteiger partial charge in [-0.15, -0.1) is 0 Å². The minimum atomic E-state index is -0.206. The van der Waals surface area contributed by atoms with Crippen molar-refractivity contribution >= 4 is 17.3 Å². The van der Waals surface area contributed by atoms with Crippen molar-refractivity contribution in [1.29, 1.82) is 0 Å². The molecule has 5 nitrogen and oxygen atoms in total. The van der Waals surface area contributed by atoms with Crippen LogP contribution in [0.25, 0.3) is 0 Å². The van der Waals surface area contributed by atoms with E-state index in [2.05, 4.69) is 50.1 Å². The molecule has 0 aromatic carbocycles. The van der Waals surface area contributed by atoms with Crippen molar-refractivity contribution in [1.82, 2.24) is 5.32 Å². The monoisotopic (exact) mass is 375 g/mol. The zero-order valence-corrected chi connectivity index (χ0v) is 17.8. The van der Waals surface area contributed by atoms with Gasteiger partial charge in [0.2, 0.25) is 5.91 Å². The SMILES string of the molecule is CCOC1CC/C(=N\N=C2CCC3(CC2)C(=O)NC(C)C(C)C3C)CC1C. The molecule has 1 heterocycles. The quantitative estimate of drug-likeness (QED) is 0.745. The Labute approximate surface area is 164 Å². The van der Waals surface area contributed by atoms with E-state index in [4.69, 9.17) is 4.74 Å². The van der Waals surface area contributed by atoms with Crippen molar-refractivity contribution in [3.8, 4) is 0 Å². The summed E-state index contributed by atoms with van der Waals surface area (Å²) in [6, 6.07) is 0.272. The molecule has 27 heavy (non-hydrogen) atoms. The first-order chi connectivity index (χ1) is 12.9. The van der Waals surface area contributed by atoms with Gasteiger partial charge in [-0.05, 0) is 76.5 Å². The molecule has 1 amide bonds. The Kier molecular flexibility index (Phi) is 6.39. The average molecular weight is 376 g/mol. The number of ether oxygens (including phenoxy) is 1. The Morgan fingerprint density at radius 3 is 2.37 bits per heavy atom. The van der Waals surface area contributed by atoms with Crippen molar-refractivity contribution in [2.45, 2.75) is 91.7 Å². The number of rotatable bonds is 3. The second-order valence-electron chi connectivity index (χ2n) is 9.11. The molecule has 3 fully saturated rings. The summed E-state index contributed by atoms with van der Waals surface area (Å²) in [5.74, 6) is 1.71. The third-order valence-corrected chi connectivity index (χ3v) is 7.60. The lowest BCUT2D eigenvalue weighted by Crippen LogP contribution is -2.59. The fraction of sp³-hybridized carbons (Fsp3) is 0.864. The van der Waals surface area contributed by atoms with Gasteiger partial charge in [0.25, 0.3) is 0 Å². The molecule has 1 N–H and O–H groups in total. The molecule has 5 heteroatoms. The number of amides is 1. The van der Waals surface area contributed by atoms with E-state index in [1.54, 1.807) is 0 Å². The molecule has 1 aliphatic heterocycles. The molecular weight excluding hydrogens is 338 g/mol. The van der Waals surface area contributed by atoms with Crippen LogP contribution in [-0.2, 0) is 9.53 Å². The second-order valence-corrected chi connectivity index (χ2v) is 9.11. The van der Waals surface area contributed by atoms with E-state index < -0.39 is 0 Å². The number of nitrogens with zero attached hydrogens (tertiary/aromatic N) is 2. The molecular formula is C22H37N3O2. The molecule has 3 rings (SSSR count). The van der Waals surface area contributed by atoms with Crippen molar-refractivity contribution in [2.24, 2.45) is 33.4 Å². The highest BCUT2D eigenvalue weighted by atomic mass is 16.5. The van der Waals surface area contributed by atoms with Crippen LogP contribution in [0.1, 0.15) is 79.6 Å². The van der Waals surface area contributed by atoms with E-state index in [-0.39, 0.29) is 17.4 Å². The van der Waals surface area contributed by atoms with Crippen LogP contribution < -0.4 is 5.32 Å². The zero-order chi connectivity index (χ0) is 19.6. The minimum absolute atomic E-state index is 0.206. The lowest BCUT2D eigenvalue weighted by molar-refractivity contribution is -0.143. The maximum Gasteiger partial charge on any atom is 0.226 e. The van der Waals surface area contributed by atoms with Gasteiger partial charge in [-0.25, -0.2) is 0 Å². The second kappa shape index (κ2) is 8.42. The smallest absolute Gasteiger partial charge is 0.226 e. The van der Waals surface area contributed by atoms with E-state index in [0.717, 1.165) is 51.6 Å². The summed E-state index contributed by atoms with van der Waals surface area (Å²) < 4.78 is 5.81. The summed E-state index contributed by atoms with van der Waals surface area (Å²) in [6.45, 7) is 11.8. The Morgan fingerprint density at radius 2 is 1.74 bits per heavy atom. The van der Waals surface area contributed by atoms with Gasteiger partial charge in [-0.2, -0.15) is 10.2 Å². The van der Waals surface area contributed by atoms with Crippen LogP contribution in [0.4, 0.5) is 0 Å². The normalized spacial score (nSPS) is 41.7. The molecule has 152 valence electrons. The van der Waals surface area contributed by atoms with Crippen LogP contribution in [0.15, 0.2) is 10.2 Å². The summed E-state index contributed by atoms with van der Waals surface area (Å²) >= 11 is 0. The van der Waals surface area contributed by atoms with Gasteiger partial charge in [-0.3, -0.25) is 4.79 Å². The number of piperidine rings is 1. The van der Waals surface area contributed by atoms with E-state index in [1.165, 1.54) is 11.4 Å². The summed E-state index contributed by atoms with van der Waals surface area (Å²) in [5, 5.41) is 12.4. The summed E-state index contributed by atoms with van der Waals surface area (Å²) in [4.78, 5) is 12.8. The first-order valence-electron chi connectivity index (χ1n) is 10.9. The van der Waals surface area contributed by atoms with Gasteiger partial charge < -0.3 is 10.1 Å². The van der Waals surface area contributed by atoms with Crippen molar-refractivity contribution in [2.75, 3.05) is 6.61 Å². The van der Waals surface area contributed by atoms with Crippen molar-refractivity contribution in [3.63, 3.8) is 0 Å². The molecule has 0 radical (unpaired) electrons. The number of nitrogens with one attached hydrogen (secondary N) is 1. The Bertz CT molecular complexity index is 603. The van der Waals surface area contributed by atoms with Gasteiger partial charge in [0.05, 0.1) is 11.5 Å². The molecule has 1 saturated heterocycles. The molecule has 0 aromatic rings. The summed E-state index contributed by atoms with van der Waals surface area (Å²) in [5.41, 5.74) is 2.17. The van der Waals surface area contributed by atoms with Crippen LogP contribution in [0.3, 0.4) is 0 Å². The molecule has 3 aliphatic rings.